The fourth-order valence-electron chi connectivity index (χ4n) is 2.28. The maximum absolute atomic E-state index is 12.6. The molecule has 2 aromatic rings. The van der Waals surface area contributed by atoms with Crippen molar-refractivity contribution in [1.29, 1.82) is 0 Å². The number of nitrogens with one attached hydrogen (secondary N) is 1. The molecule has 0 saturated heterocycles. The molecule has 136 valence electrons. The zero-order valence-corrected chi connectivity index (χ0v) is 14.5. The molecular formula is C17H18F3NO3S. The van der Waals surface area contributed by atoms with Gasteiger partial charge in [0.1, 0.15) is 12.4 Å². The topological polar surface area (TPSA) is 55.4 Å². The number of ether oxygens (including phenoxy) is 1. The first-order valence-corrected chi connectivity index (χ1v) is 8.94. The van der Waals surface area contributed by atoms with Gasteiger partial charge in [-0.1, -0.05) is 12.1 Å². The summed E-state index contributed by atoms with van der Waals surface area (Å²) in [7, 11) is -3.70. The second kappa shape index (κ2) is 7.45. The van der Waals surface area contributed by atoms with E-state index in [4.69, 9.17) is 4.74 Å². The van der Waals surface area contributed by atoms with Crippen LogP contribution in [0.5, 0.6) is 5.75 Å². The van der Waals surface area contributed by atoms with Gasteiger partial charge in [-0.25, -0.2) is 13.1 Å². The molecule has 0 radical (unpaired) electrons. The number of hydrogen-bond donors (Lipinski definition) is 1. The lowest BCUT2D eigenvalue weighted by atomic mass is 10.2. The van der Waals surface area contributed by atoms with Gasteiger partial charge in [-0.15, -0.1) is 0 Å². The Balaban J connectivity index is 1.94. The van der Waals surface area contributed by atoms with E-state index in [9.17, 15) is 21.6 Å². The van der Waals surface area contributed by atoms with Gasteiger partial charge in [-0.05, 0) is 55.3 Å². The van der Waals surface area contributed by atoms with Crippen molar-refractivity contribution < 1.29 is 26.3 Å². The van der Waals surface area contributed by atoms with Gasteiger partial charge in [0.15, 0.2) is 0 Å². The van der Waals surface area contributed by atoms with Gasteiger partial charge in [0, 0.05) is 6.54 Å². The lowest BCUT2D eigenvalue weighted by Crippen LogP contribution is -2.28. The van der Waals surface area contributed by atoms with E-state index in [-0.39, 0.29) is 23.8 Å². The predicted molar refractivity (Wildman–Crippen MR) is 88.0 cm³/mol. The van der Waals surface area contributed by atoms with E-state index < -0.39 is 21.8 Å². The maximum atomic E-state index is 12.6. The van der Waals surface area contributed by atoms with Gasteiger partial charge in [0.05, 0.1) is 10.5 Å². The van der Waals surface area contributed by atoms with Crippen LogP contribution in [0.3, 0.4) is 0 Å². The first-order chi connectivity index (χ1) is 11.6. The number of benzene rings is 2. The number of halogens is 3. The standard InChI is InChI=1S/C17H18F3NO3S/c1-12-8-13(2)10-16(9-12)25(22,23)21-6-7-24-15-5-3-4-14(11-15)17(18,19)20/h3-5,8-11,21H,6-7H2,1-2H3. The molecule has 25 heavy (non-hydrogen) atoms. The molecule has 2 rings (SSSR count). The summed E-state index contributed by atoms with van der Waals surface area (Å²) in [5.74, 6) is 0.0282. The molecule has 1 N–H and O–H groups in total. The van der Waals surface area contributed by atoms with Gasteiger partial charge >= 0.3 is 6.18 Å². The summed E-state index contributed by atoms with van der Waals surface area (Å²) in [6.45, 7) is 3.43. The zero-order valence-electron chi connectivity index (χ0n) is 13.7. The highest BCUT2D eigenvalue weighted by molar-refractivity contribution is 7.89. The quantitative estimate of drug-likeness (QED) is 0.786. The highest BCUT2D eigenvalue weighted by Crippen LogP contribution is 2.31. The highest BCUT2D eigenvalue weighted by Gasteiger charge is 2.30. The van der Waals surface area contributed by atoms with Crippen molar-refractivity contribution in [3.8, 4) is 5.75 Å². The van der Waals surface area contributed by atoms with Crippen LogP contribution in [-0.2, 0) is 16.2 Å². The van der Waals surface area contributed by atoms with E-state index in [2.05, 4.69) is 4.72 Å². The molecule has 0 aliphatic carbocycles. The summed E-state index contributed by atoms with van der Waals surface area (Å²) in [6, 6.07) is 9.38. The van der Waals surface area contributed by atoms with Crippen molar-refractivity contribution in [3.05, 3.63) is 59.2 Å². The van der Waals surface area contributed by atoms with Crippen molar-refractivity contribution >= 4 is 10.0 Å². The zero-order chi connectivity index (χ0) is 18.7. The summed E-state index contributed by atoms with van der Waals surface area (Å²) < 4.78 is 69.9. The molecule has 0 aromatic heterocycles. The fourth-order valence-corrected chi connectivity index (χ4v) is 3.48. The Morgan fingerprint density at radius 1 is 1.04 bits per heavy atom. The summed E-state index contributed by atoms with van der Waals surface area (Å²) in [5.41, 5.74) is 0.821. The molecule has 0 heterocycles. The van der Waals surface area contributed by atoms with E-state index in [1.165, 1.54) is 12.1 Å². The van der Waals surface area contributed by atoms with Crippen LogP contribution in [0.2, 0.25) is 0 Å². The Hall–Kier alpha value is -2.06. The minimum Gasteiger partial charge on any atom is -0.492 e. The van der Waals surface area contributed by atoms with Crippen molar-refractivity contribution in [2.45, 2.75) is 24.9 Å². The summed E-state index contributed by atoms with van der Waals surface area (Å²) in [5, 5.41) is 0. The van der Waals surface area contributed by atoms with Crippen molar-refractivity contribution in [2.24, 2.45) is 0 Å². The normalized spacial score (nSPS) is 12.2. The van der Waals surface area contributed by atoms with Crippen molar-refractivity contribution in [3.63, 3.8) is 0 Å². The van der Waals surface area contributed by atoms with E-state index in [0.29, 0.717) is 0 Å². The average Bonchev–Trinajstić information content (AvgIpc) is 2.50. The van der Waals surface area contributed by atoms with Gasteiger partial charge in [0.25, 0.3) is 0 Å². The maximum Gasteiger partial charge on any atom is 0.416 e. The molecule has 2 aromatic carbocycles. The lowest BCUT2D eigenvalue weighted by Gasteiger charge is -2.11. The van der Waals surface area contributed by atoms with Crippen LogP contribution in [0.4, 0.5) is 13.2 Å². The Morgan fingerprint density at radius 2 is 1.68 bits per heavy atom. The van der Waals surface area contributed by atoms with Gasteiger partial charge in [0.2, 0.25) is 10.0 Å². The molecule has 0 amide bonds. The predicted octanol–water partition coefficient (Wildman–Crippen LogP) is 3.68. The summed E-state index contributed by atoms with van der Waals surface area (Å²) in [6.07, 6.45) is -4.45. The first kappa shape index (κ1) is 19.3. The number of hydrogen-bond acceptors (Lipinski definition) is 3. The van der Waals surface area contributed by atoms with E-state index in [0.717, 1.165) is 23.3 Å². The Kier molecular flexibility index (Phi) is 5.74. The molecule has 0 aliphatic heterocycles. The number of alkyl halides is 3. The molecule has 0 atom stereocenters. The minimum atomic E-state index is -4.45. The van der Waals surface area contributed by atoms with Crippen LogP contribution >= 0.6 is 0 Å². The van der Waals surface area contributed by atoms with Gasteiger partial charge in [-0.3, -0.25) is 0 Å². The SMILES string of the molecule is Cc1cc(C)cc(S(=O)(=O)NCCOc2cccc(C(F)(F)F)c2)c1. The molecule has 0 saturated carbocycles. The fraction of sp³-hybridized carbons (Fsp3) is 0.294. The third-order valence-corrected chi connectivity index (χ3v) is 4.77. The smallest absolute Gasteiger partial charge is 0.416 e. The molecule has 4 nitrogen and oxygen atoms in total. The van der Waals surface area contributed by atoms with Gasteiger partial charge < -0.3 is 4.74 Å². The highest BCUT2D eigenvalue weighted by atomic mass is 32.2. The molecule has 0 unspecified atom stereocenters. The van der Waals surface area contributed by atoms with E-state index in [1.807, 2.05) is 6.07 Å². The van der Waals surface area contributed by atoms with Crippen LogP contribution in [0.25, 0.3) is 0 Å². The van der Waals surface area contributed by atoms with Crippen LogP contribution in [-0.4, -0.2) is 21.6 Å². The number of rotatable bonds is 6. The minimum absolute atomic E-state index is 0.0282. The largest absolute Gasteiger partial charge is 0.492 e. The summed E-state index contributed by atoms with van der Waals surface area (Å²) in [4.78, 5) is 0.143. The Labute approximate surface area is 144 Å². The van der Waals surface area contributed by atoms with Crippen LogP contribution in [0.15, 0.2) is 47.4 Å². The average molecular weight is 373 g/mol. The third-order valence-electron chi connectivity index (χ3n) is 3.33. The number of sulfonamides is 1. The monoisotopic (exact) mass is 373 g/mol. The second-order valence-corrected chi connectivity index (χ2v) is 7.36. The Morgan fingerprint density at radius 3 is 2.28 bits per heavy atom. The van der Waals surface area contributed by atoms with E-state index in [1.54, 1.807) is 26.0 Å². The summed E-state index contributed by atoms with van der Waals surface area (Å²) >= 11 is 0. The van der Waals surface area contributed by atoms with Crippen molar-refractivity contribution in [2.75, 3.05) is 13.2 Å². The first-order valence-electron chi connectivity index (χ1n) is 7.46. The Bertz CT molecular complexity index is 828. The molecule has 0 aliphatic rings. The lowest BCUT2D eigenvalue weighted by molar-refractivity contribution is -0.137. The molecule has 0 bridgehead atoms. The van der Waals surface area contributed by atoms with Crippen LogP contribution in [0.1, 0.15) is 16.7 Å². The second-order valence-electron chi connectivity index (χ2n) is 5.60. The molecule has 8 heteroatoms. The van der Waals surface area contributed by atoms with Crippen LogP contribution in [0, 0.1) is 13.8 Å². The molecular weight excluding hydrogens is 355 g/mol. The van der Waals surface area contributed by atoms with Gasteiger partial charge in [-0.2, -0.15) is 13.2 Å². The molecule has 0 spiro atoms. The van der Waals surface area contributed by atoms with E-state index >= 15 is 0 Å². The van der Waals surface area contributed by atoms with Crippen LogP contribution < -0.4 is 9.46 Å². The molecule has 0 fully saturated rings. The third kappa shape index (κ3) is 5.47. The number of aryl methyl sites for hydroxylation is 2. The van der Waals surface area contributed by atoms with Crippen molar-refractivity contribution in [1.82, 2.24) is 4.72 Å².